The third kappa shape index (κ3) is 3.90. The van der Waals surface area contributed by atoms with Gasteiger partial charge < -0.3 is 15.7 Å². The van der Waals surface area contributed by atoms with E-state index in [1.165, 1.54) is 12.3 Å². The first-order valence-corrected chi connectivity index (χ1v) is 3.64. The largest absolute Gasteiger partial charge is 0.383 e. The molecule has 0 rings (SSSR count). The van der Waals surface area contributed by atoms with Crippen LogP contribution in [0.1, 0.15) is 6.92 Å². The molecule has 1 unspecified atom stereocenters. The van der Waals surface area contributed by atoms with E-state index in [2.05, 4.69) is 23.3 Å². The number of hydrogen-bond donors (Lipinski definition) is 4. The zero-order valence-corrected chi connectivity index (χ0v) is 7.35. The molecule has 3 N–H and O–H groups in total. The molecule has 0 heterocycles. The van der Waals surface area contributed by atoms with Crippen molar-refractivity contribution in [3.63, 3.8) is 0 Å². The Morgan fingerprint density at radius 2 is 2.27 bits per heavy atom. The van der Waals surface area contributed by atoms with Crippen molar-refractivity contribution in [2.45, 2.75) is 13.2 Å². The zero-order chi connectivity index (χ0) is 8.85. The Kier molecular flexibility index (Phi) is 4.72. The van der Waals surface area contributed by atoms with Crippen LogP contribution in [0.25, 0.3) is 0 Å². The molecule has 64 valence electrons. The molecule has 0 radical (unpaired) electrons. The number of aliphatic hydroxyl groups excluding tert-OH is 1. The standard InChI is InChI=1S/C6H12N2O2S/c1-4(9)8-6(10)5(3-11)7-2/h3-4,7,9,11H,1-2H3,(H,8,10)/b5-3-. The van der Waals surface area contributed by atoms with Gasteiger partial charge in [-0.15, -0.1) is 12.6 Å². The van der Waals surface area contributed by atoms with E-state index >= 15 is 0 Å². The summed E-state index contributed by atoms with van der Waals surface area (Å²) >= 11 is 3.79. The predicted molar refractivity (Wildman–Crippen MR) is 46.0 cm³/mol. The number of aliphatic hydroxyl groups is 1. The quantitative estimate of drug-likeness (QED) is 0.265. The van der Waals surface area contributed by atoms with Gasteiger partial charge in [0.2, 0.25) is 0 Å². The average Bonchev–Trinajstić information content (AvgIpc) is 1.88. The summed E-state index contributed by atoms with van der Waals surface area (Å²) in [6.07, 6.45) is -0.848. The smallest absolute Gasteiger partial charge is 0.269 e. The lowest BCUT2D eigenvalue weighted by Gasteiger charge is -2.08. The molecule has 1 atom stereocenters. The van der Waals surface area contributed by atoms with Gasteiger partial charge in [-0.1, -0.05) is 0 Å². The van der Waals surface area contributed by atoms with E-state index < -0.39 is 6.23 Å². The van der Waals surface area contributed by atoms with Crippen molar-refractivity contribution in [2.24, 2.45) is 0 Å². The topological polar surface area (TPSA) is 61.4 Å². The summed E-state index contributed by atoms with van der Waals surface area (Å²) in [7, 11) is 1.60. The second-order valence-electron chi connectivity index (χ2n) is 1.94. The highest BCUT2D eigenvalue weighted by Gasteiger charge is 2.07. The molecule has 0 saturated carbocycles. The molecule has 0 aromatic heterocycles. The SMILES string of the molecule is CN/C(=C\S)C(=O)NC(C)O. The van der Waals surface area contributed by atoms with Crippen molar-refractivity contribution in [3.8, 4) is 0 Å². The number of rotatable bonds is 3. The van der Waals surface area contributed by atoms with Crippen LogP contribution in [0.4, 0.5) is 0 Å². The summed E-state index contributed by atoms with van der Waals surface area (Å²) in [5, 5.41) is 15.0. The Labute approximate surface area is 71.1 Å². The first-order valence-electron chi connectivity index (χ1n) is 3.13. The van der Waals surface area contributed by atoms with Gasteiger partial charge >= 0.3 is 0 Å². The molecule has 0 aromatic rings. The van der Waals surface area contributed by atoms with E-state index in [9.17, 15) is 4.79 Å². The van der Waals surface area contributed by atoms with Crippen molar-refractivity contribution in [1.82, 2.24) is 10.6 Å². The van der Waals surface area contributed by atoms with E-state index in [1.807, 2.05) is 0 Å². The van der Waals surface area contributed by atoms with Crippen LogP contribution in [0, 0.1) is 0 Å². The fourth-order valence-electron chi connectivity index (χ4n) is 0.504. The maximum atomic E-state index is 11.0. The van der Waals surface area contributed by atoms with Crippen molar-refractivity contribution in [2.75, 3.05) is 7.05 Å². The number of thiol groups is 1. The molecule has 0 aliphatic heterocycles. The molecule has 0 aliphatic carbocycles. The second-order valence-corrected chi connectivity index (χ2v) is 2.20. The van der Waals surface area contributed by atoms with Crippen molar-refractivity contribution in [1.29, 1.82) is 0 Å². The van der Waals surface area contributed by atoms with Gasteiger partial charge in [-0.25, -0.2) is 0 Å². The number of carbonyl (C=O) groups excluding carboxylic acids is 1. The predicted octanol–water partition coefficient (Wildman–Crippen LogP) is -0.569. The normalized spacial score (nSPS) is 14.0. The number of amides is 1. The number of likely N-dealkylation sites (N-methyl/N-ethyl adjacent to an activating group) is 1. The first kappa shape index (κ1) is 10.3. The minimum absolute atomic E-state index is 0.314. The minimum atomic E-state index is -0.848. The van der Waals surface area contributed by atoms with Crippen molar-refractivity contribution >= 4 is 18.5 Å². The fraction of sp³-hybridized carbons (Fsp3) is 0.500. The summed E-state index contributed by atoms with van der Waals surface area (Å²) in [4.78, 5) is 11.0. The Hall–Kier alpha value is -0.680. The summed E-state index contributed by atoms with van der Waals surface area (Å²) in [6.45, 7) is 1.46. The molecular formula is C6H12N2O2S. The lowest BCUT2D eigenvalue weighted by atomic mass is 10.4. The third-order valence-electron chi connectivity index (χ3n) is 0.983. The van der Waals surface area contributed by atoms with E-state index in [0.29, 0.717) is 5.70 Å². The maximum Gasteiger partial charge on any atom is 0.269 e. The van der Waals surface area contributed by atoms with Gasteiger partial charge in [-0.2, -0.15) is 0 Å². The number of nitrogens with one attached hydrogen (secondary N) is 2. The Morgan fingerprint density at radius 1 is 1.73 bits per heavy atom. The lowest BCUT2D eigenvalue weighted by Crippen LogP contribution is -2.36. The van der Waals surface area contributed by atoms with Gasteiger partial charge in [0.05, 0.1) is 0 Å². The van der Waals surface area contributed by atoms with E-state index in [-0.39, 0.29) is 5.91 Å². The average molecular weight is 176 g/mol. The highest BCUT2D eigenvalue weighted by Crippen LogP contribution is 1.91. The molecule has 5 heteroatoms. The van der Waals surface area contributed by atoms with Gasteiger partial charge in [0.25, 0.3) is 5.91 Å². The highest BCUT2D eigenvalue weighted by atomic mass is 32.1. The van der Waals surface area contributed by atoms with Gasteiger partial charge in [0, 0.05) is 7.05 Å². The molecule has 1 amide bonds. The molecule has 0 spiro atoms. The Morgan fingerprint density at radius 3 is 2.55 bits per heavy atom. The first-order chi connectivity index (χ1) is 5.11. The van der Waals surface area contributed by atoms with Crippen molar-refractivity contribution < 1.29 is 9.90 Å². The molecule has 4 nitrogen and oxygen atoms in total. The summed E-state index contributed by atoms with van der Waals surface area (Å²) in [5.41, 5.74) is 0.314. The molecule has 0 fully saturated rings. The summed E-state index contributed by atoms with van der Waals surface area (Å²) < 4.78 is 0. The number of carbonyl (C=O) groups is 1. The lowest BCUT2D eigenvalue weighted by molar-refractivity contribution is -0.120. The van der Waals surface area contributed by atoms with Crippen LogP contribution in [0.2, 0.25) is 0 Å². The number of hydrogen-bond acceptors (Lipinski definition) is 4. The van der Waals surface area contributed by atoms with Gasteiger partial charge in [0.15, 0.2) is 0 Å². The molecular weight excluding hydrogens is 164 g/mol. The molecule has 0 bridgehead atoms. The van der Waals surface area contributed by atoms with Gasteiger partial charge in [-0.3, -0.25) is 4.79 Å². The summed E-state index contributed by atoms with van der Waals surface area (Å²) in [5.74, 6) is -0.377. The molecule has 0 saturated heterocycles. The second kappa shape index (κ2) is 5.03. The Bertz CT molecular complexity index is 168. The van der Waals surface area contributed by atoms with E-state index in [0.717, 1.165) is 0 Å². The molecule has 0 aromatic carbocycles. The Balaban J connectivity index is 4.02. The monoisotopic (exact) mass is 176 g/mol. The van der Waals surface area contributed by atoms with Crippen LogP contribution in [0.3, 0.4) is 0 Å². The van der Waals surface area contributed by atoms with Crippen molar-refractivity contribution in [3.05, 3.63) is 11.1 Å². The van der Waals surface area contributed by atoms with Crippen LogP contribution in [0.15, 0.2) is 11.1 Å². The zero-order valence-electron chi connectivity index (χ0n) is 6.46. The van der Waals surface area contributed by atoms with E-state index in [1.54, 1.807) is 7.05 Å². The van der Waals surface area contributed by atoms with E-state index in [4.69, 9.17) is 5.11 Å². The van der Waals surface area contributed by atoms with Crippen LogP contribution < -0.4 is 10.6 Å². The molecule has 0 aliphatic rings. The van der Waals surface area contributed by atoms with Crippen LogP contribution in [-0.2, 0) is 4.79 Å². The van der Waals surface area contributed by atoms with Crippen LogP contribution >= 0.6 is 12.6 Å². The van der Waals surface area contributed by atoms with Crippen LogP contribution in [0.5, 0.6) is 0 Å². The van der Waals surface area contributed by atoms with Gasteiger partial charge in [0.1, 0.15) is 11.9 Å². The highest BCUT2D eigenvalue weighted by molar-refractivity contribution is 7.83. The molecule has 11 heavy (non-hydrogen) atoms. The fourth-order valence-corrected chi connectivity index (χ4v) is 0.751. The summed E-state index contributed by atoms with van der Waals surface area (Å²) in [6, 6.07) is 0. The minimum Gasteiger partial charge on any atom is -0.383 e. The van der Waals surface area contributed by atoms with Crippen LogP contribution in [-0.4, -0.2) is 24.3 Å². The maximum absolute atomic E-state index is 11.0. The van der Waals surface area contributed by atoms with Gasteiger partial charge in [-0.05, 0) is 12.3 Å². The third-order valence-corrected chi connectivity index (χ3v) is 1.24.